The Balaban J connectivity index is 1.62. The number of aryl methyl sites for hydroxylation is 2. The third-order valence-electron chi connectivity index (χ3n) is 7.09. The zero-order valence-electron chi connectivity index (χ0n) is 21.8. The Labute approximate surface area is 225 Å². The number of carboxylic acids is 2. The fourth-order valence-electron chi connectivity index (χ4n) is 5.20. The van der Waals surface area contributed by atoms with Crippen molar-refractivity contribution >= 4 is 11.9 Å². The van der Waals surface area contributed by atoms with Crippen LogP contribution in [0.25, 0.3) is 22.6 Å². The third kappa shape index (κ3) is 4.70. The van der Waals surface area contributed by atoms with Crippen molar-refractivity contribution in [2.45, 2.75) is 27.2 Å². The van der Waals surface area contributed by atoms with Gasteiger partial charge < -0.3 is 24.5 Å². The van der Waals surface area contributed by atoms with Gasteiger partial charge in [-0.2, -0.15) is 0 Å². The molecule has 5 aromatic rings. The van der Waals surface area contributed by atoms with Crippen molar-refractivity contribution in [2.24, 2.45) is 0 Å². The Kier molecular flexibility index (Phi) is 6.58. The van der Waals surface area contributed by atoms with E-state index in [4.69, 9.17) is 0 Å². The number of phenols is 1. The minimum absolute atomic E-state index is 0.162. The van der Waals surface area contributed by atoms with E-state index in [9.17, 15) is 24.9 Å². The Morgan fingerprint density at radius 1 is 0.769 bits per heavy atom. The van der Waals surface area contributed by atoms with Gasteiger partial charge in [0.15, 0.2) is 0 Å². The highest BCUT2D eigenvalue weighted by Crippen LogP contribution is 2.32. The first kappa shape index (κ1) is 25.6. The van der Waals surface area contributed by atoms with Gasteiger partial charge in [0.25, 0.3) is 0 Å². The number of aromatic hydroxyl groups is 1. The zero-order valence-corrected chi connectivity index (χ0v) is 21.8. The highest BCUT2D eigenvalue weighted by molar-refractivity contribution is 5.91. The summed E-state index contributed by atoms with van der Waals surface area (Å²) < 4.78 is 4.16. The SMILES string of the molecule is Cc1cc(C(=O)O)ccc1-n1c(C)cc(Cc2ccc(-c3ccccc3)n2-c2ccc(O)c(C(=O)O)c2)c1C. The van der Waals surface area contributed by atoms with Crippen LogP contribution in [0.3, 0.4) is 0 Å². The summed E-state index contributed by atoms with van der Waals surface area (Å²) in [4.78, 5) is 23.2. The van der Waals surface area contributed by atoms with E-state index in [-0.39, 0.29) is 16.9 Å². The van der Waals surface area contributed by atoms with E-state index < -0.39 is 11.9 Å². The van der Waals surface area contributed by atoms with E-state index in [0.29, 0.717) is 12.1 Å². The average Bonchev–Trinajstić information content (AvgIpc) is 3.45. The standard InChI is InChI=1S/C32H28N2O5/c1-19-15-23(31(36)37)9-12-28(19)33-20(2)16-24(21(33)3)17-25-10-13-29(22-7-5-4-6-8-22)34(25)26-11-14-30(35)27(18-26)32(38)39/h4-16,18,35H,17H2,1-3H3,(H,36,37)(H,38,39). The number of aromatic carboxylic acids is 2. The minimum atomic E-state index is -1.20. The number of rotatable bonds is 7. The maximum atomic E-state index is 11.8. The van der Waals surface area contributed by atoms with Gasteiger partial charge in [-0.1, -0.05) is 30.3 Å². The predicted octanol–water partition coefficient (Wildman–Crippen LogP) is 6.55. The molecule has 39 heavy (non-hydrogen) atoms. The van der Waals surface area contributed by atoms with Crippen LogP contribution in [0, 0.1) is 20.8 Å². The first-order valence-electron chi connectivity index (χ1n) is 12.5. The van der Waals surface area contributed by atoms with Crippen molar-refractivity contribution < 1.29 is 24.9 Å². The summed E-state index contributed by atoms with van der Waals surface area (Å²) in [6, 6.07) is 25.8. The van der Waals surface area contributed by atoms with Crippen LogP contribution in [0.15, 0.2) is 84.9 Å². The van der Waals surface area contributed by atoms with Crippen molar-refractivity contribution in [1.82, 2.24) is 9.13 Å². The van der Waals surface area contributed by atoms with Crippen LogP contribution in [-0.4, -0.2) is 36.4 Å². The van der Waals surface area contributed by atoms with Gasteiger partial charge in [-0.25, -0.2) is 9.59 Å². The molecule has 196 valence electrons. The summed E-state index contributed by atoms with van der Waals surface area (Å²) in [5, 5.41) is 29.1. The molecule has 0 aliphatic heterocycles. The molecule has 0 unspecified atom stereocenters. The molecule has 5 rings (SSSR count). The van der Waals surface area contributed by atoms with Crippen molar-refractivity contribution in [3.05, 3.63) is 124 Å². The number of nitrogens with zero attached hydrogens (tertiary/aromatic N) is 2. The highest BCUT2D eigenvalue weighted by atomic mass is 16.4. The molecule has 0 atom stereocenters. The topological polar surface area (TPSA) is 105 Å². The molecule has 0 saturated carbocycles. The van der Waals surface area contributed by atoms with Gasteiger partial charge in [0.1, 0.15) is 11.3 Å². The lowest BCUT2D eigenvalue weighted by Crippen LogP contribution is -2.07. The molecule has 0 amide bonds. The number of hydrogen-bond donors (Lipinski definition) is 3. The maximum Gasteiger partial charge on any atom is 0.339 e. The van der Waals surface area contributed by atoms with E-state index in [2.05, 4.69) is 10.6 Å². The largest absolute Gasteiger partial charge is 0.507 e. The van der Waals surface area contributed by atoms with Crippen LogP contribution in [-0.2, 0) is 6.42 Å². The lowest BCUT2D eigenvalue weighted by atomic mass is 10.1. The van der Waals surface area contributed by atoms with Gasteiger partial charge >= 0.3 is 11.9 Å². The fourth-order valence-corrected chi connectivity index (χ4v) is 5.20. The summed E-state index contributed by atoms with van der Waals surface area (Å²) in [5.74, 6) is -2.44. The average molecular weight is 521 g/mol. The van der Waals surface area contributed by atoms with Crippen molar-refractivity contribution in [3.8, 4) is 28.4 Å². The summed E-state index contributed by atoms with van der Waals surface area (Å²) in [7, 11) is 0. The van der Waals surface area contributed by atoms with Crippen LogP contribution < -0.4 is 0 Å². The van der Waals surface area contributed by atoms with Crippen molar-refractivity contribution in [3.63, 3.8) is 0 Å². The molecular formula is C32H28N2O5. The molecule has 7 nitrogen and oxygen atoms in total. The summed E-state index contributed by atoms with van der Waals surface area (Å²) >= 11 is 0. The molecule has 0 aliphatic rings. The van der Waals surface area contributed by atoms with E-state index >= 15 is 0 Å². The van der Waals surface area contributed by atoms with Gasteiger partial charge in [0.2, 0.25) is 0 Å². The van der Waals surface area contributed by atoms with Crippen LogP contribution in [0.1, 0.15) is 48.9 Å². The number of carboxylic acid groups (broad SMARTS) is 2. The van der Waals surface area contributed by atoms with E-state index in [0.717, 1.165) is 45.2 Å². The Bertz CT molecular complexity index is 1730. The first-order valence-corrected chi connectivity index (χ1v) is 12.5. The van der Waals surface area contributed by atoms with Crippen LogP contribution in [0.2, 0.25) is 0 Å². The highest BCUT2D eigenvalue weighted by Gasteiger charge is 2.19. The minimum Gasteiger partial charge on any atom is -0.507 e. The molecule has 0 saturated heterocycles. The molecule has 2 aromatic heterocycles. The fraction of sp³-hybridized carbons (Fsp3) is 0.125. The van der Waals surface area contributed by atoms with E-state index in [1.807, 2.05) is 73.9 Å². The summed E-state index contributed by atoms with van der Waals surface area (Å²) in [5.41, 5.74) is 8.49. The second-order valence-electron chi connectivity index (χ2n) is 9.63. The van der Waals surface area contributed by atoms with Crippen molar-refractivity contribution in [2.75, 3.05) is 0 Å². The molecule has 2 heterocycles. The second kappa shape index (κ2) is 10.0. The molecule has 0 radical (unpaired) electrons. The van der Waals surface area contributed by atoms with Crippen molar-refractivity contribution in [1.29, 1.82) is 0 Å². The Morgan fingerprint density at radius 3 is 2.18 bits per heavy atom. The smallest absolute Gasteiger partial charge is 0.339 e. The number of benzene rings is 3. The molecule has 0 aliphatic carbocycles. The molecule has 3 aromatic carbocycles. The normalized spacial score (nSPS) is 11.1. The monoisotopic (exact) mass is 520 g/mol. The Hall–Kier alpha value is -5.04. The first-order chi connectivity index (χ1) is 18.7. The molecular weight excluding hydrogens is 492 g/mol. The molecule has 7 heteroatoms. The van der Waals surface area contributed by atoms with Gasteiger partial charge in [-0.3, -0.25) is 0 Å². The van der Waals surface area contributed by atoms with E-state index in [1.165, 1.54) is 12.1 Å². The number of hydrogen-bond acceptors (Lipinski definition) is 3. The zero-order chi connectivity index (χ0) is 27.8. The van der Waals surface area contributed by atoms with Gasteiger partial charge in [-0.05, 0) is 92.1 Å². The lowest BCUT2D eigenvalue weighted by molar-refractivity contribution is 0.0684. The van der Waals surface area contributed by atoms with Gasteiger partial charge in [0.05, 0.1) is 11.3 Å². The Morgan fingerprint density at radius 2 is 1.51 bits per heavy atom. The molecule has 0 fully saturated rings. The second-order valence-corrected chi connectivity index (χ2v) is 9.63. The van der Waals surface area contributed by atoms with Crippen LogP contribution in [0.4, 0.5) is 0 Å². The summed E-state index contributed by atoms with van der Waals surface area (Å²) in [6.45, 7) is 5.97. The predicted molar refractivity (Wildman–Crippen MR) is 150 cm³/mol. The van der Waals surface area contributed by atoms with E-state index in [1.54, 1.807) is 18.2 Å². The maximum absolute atomic E-state index is 11.8. The quantitative estimate of drug-likeness (QED) is 0.226. The van der Waals surface area contributed by atoms with Crippen LogP contribution in [0.5, 0.6) is 5.75 Å². The summed E-state index contributed by atoms with van der Waals surface area (Å²) in [6.07, 6.45) is 0.571. The molecule has 0 bridgehead atoms. The number of aromatic nitrogens is 2. The number of carbonyl (C=O) groups is 2. The van der Waals surface area contributed by atoms with Crippen LogP contribution >= 0.6 is 0 Å². The van der Waals surface area contributed by atoms with Gasteiger partial charge in [-0.15, -0.1) is 0 Å². The molecule has 0 spiro atoms. The third-order valence-corrected chi connectivity index (χ3v) is 7.09. The van der Waals surface area contributed by atoms with Gasteiger partial charge in [0, 0.05) is 34.9 Å². The molecule has 3 N–H and O–H groups in total. The lowest BCUT2D eigenvalue weighted by Gasteiger charge is -2.16.